The number of piperazine rings is 1. The summed E-state index contributed by atoms with van der Waals surface area (Å²) in [6, 6.07) is 7.06. The second-order valence-corrected chi connectivity index (χ2v) is 6.65. The molecule has 2 saturated heterocycles. The molecule has 1 atom stereocenters. The molecule has 3 rings (SSSR count). The monoisotopic (exact) mass is 335 g/mol. The van der Waals surface area contributed by atoms with E-state index in [2.05, 4.69) is 5.32 Å². The fraction of sp³-hybridized carbons (Fsp3) is 0.500. The normalized spacial score (nSPS) is 21.3. The summed E-state index contributed by atoms with van der Waals surface area (Å²) in [6.07, 6.45) is 0. The van der Waals surface area contributed by atoms with Crippen molar-refractivity contribution in [3.05, 3.63) is 29.8 Å². The van der Waals surface area contributed by atoms with Crippen molar-refractivity contribution in [2.45, 2.75) is 6.04 Å². The van der Waals surface area contributed by atoms with Crippen LogP contribution in [0.4, 0.5) is 0 Å². The average Bonchev–Trinajstić information content (AvgIpc) is 3.15. The third-order valence-corrected chi connectivity index (χ3v) is 5.17. The van der Waals surface area contributed by atoms with Gasteiger partial charge in [-0.15, -0.1) is 11.8 Å². The van der Waals surface area contributed by atoms with Crippen LogP contribution in [0.15, 0.2) is 24.3 Å². The lowest BCUT2D eigenvalue weighted by molar-refractivity contribution is -0.134. The summed E-state index contributed by atoms with van der Waals surface area (Å²) in [6.45, 7) is 2.36. The SMILES string of the molecule is COc1ccc(C(=O)N2CCN(C(=O)C3CSCN3)CC2)cc1. The number of nitrogens with one attached hydrogen (secondary N) is 1. The van der Waals surface area contributed by atoms with Crippen LogP contribution in [0.5, 0.6) is 5.75 Å². The number of carbonyl (C=O) groups is 2. The van der Waals surface area contributed by atoms with Gasteiger partial charge in [0, 0.05) is 43.4 Å². The maximum absolute atomic E-state index is 12.5. The quantitative estimate of drug-likeness (QED) is 0.878. The fourth-order valence-electron chi connectivity index (χ4n) is 2.82. The van der Waals surface area contributed by atoms with Crippen molar-refractivity contribution >= 4 is 23.6 Å². The van der Waals surface area contributed by atoms with Gasteiger partial charge in [-0.2, -0.15) is 0 Å². The zero-order valence-corrected chi connectivity index (χ0v) is 14.0. The van der Waals surface area contributed by atoms with E-state index in [1.165, 1.54) is 0 Å². The van der Waals surface area contributed by atoms with E-state index in [4.69, 9.17) is 4.74 Å². The summed E-state index contributed by atoms with van der Waals surface area (Å²) in [4.78, 5) is 28.5. The highest BCUT2D eigenvalue weighted by atomic mass is 32.2. The molecule has 2 aliphatic rings. The van der Waals surface area contributed by atoms with Gasteiger partial charge in [0.25, 0.3) is 5.91 Å². The van der Waals surface area contributed by atoms with Gasteiger partial charge in [-0.1, -0.05) is 0 Å². The third kappa shape index (κ3) is 3.61. The van der Waals surface area contributed by atoms with Crippen molar-refractivity contribution in [2.75, 3.05) is 44.9 Å². The lowest BCUT2D eigenvalue weighted by Gasteiger charge is -2.36. The number of rotatable bonds is 3. The third-order valence-electron chi connectivity index (χ3n) is 4.23. The molecule has 0 spiro atoms. The first-order valence-corrected chi connectivity index (χ1v) is 8.88. The molecule has 23 heavy (non-hydrogen) atoms. The van der Waals surface area contributed by atoms with Crippen LogP contribution in [0, 0.1) is 0 Å². The number of thioether (sulfide) groups is 1. The van der Waals surface area contributed by atoms with E-state index in [9.17, 15) is 9.59 Å². The zero-order chi connectivity index (χ0) is 16.2. The first kappa shape index (κ1) is 16.1. The standard InChI is InChI=1S/C16H21N3O3S/c1-22-13-4-2-12(3-5-13)15(20)18-6-8-19(9-7-18)16(21)14-10-23-11-17-14/h2-5,14,17H,6-11H2,1H3. The summed E-state index contributed by atoms with van der Waals surface area (Å²) < 4.78 is 5.11. The summed E-state index contributed by atoms with van der Waals surface area (Å²) in [5.74, 6) is 2.58. The number of hydrogen-bond donors (Lipinski definition) is 1. The number of methoxy groups -OCH3 is 1. The van der Waals surface area contributed by atoms with Gasteiger partial charge in [0.1, 0.15) is 5.75 Å². The molecule has 1 N–H and O–H groups in total. The van der Waals surface area contributed by atoms with Crippen LogP contribution in [0.1, 0.15) is 10.4 Å². The molecule has 0 saturated carbocycles. The van der Waals surface area contributed by atoms with Crippen LogP contribution in [0.3, 0.4) is 0 Å². The molecule has 6 nitrogen and oxygen atoms in total. The molecule has 1 unspecified atom stereocenters. The molecule has 2 aliphatic heterocycles. The van der Waals surface area contributed by atoms with Crippen LogP contribution in [-0.2, 0) is 4.79 Å². The highest BCUT2D eigenvalue weighted by Crippen LogP contribution is 2.16. The second kappa shape index (κ2) is 7.23. The van der Waals surface area contributed by atoms with Crippen LogP contribution in [0.2, 0.25) is 0 Å². The van der Waals surface area contributed by atoms with Gasteiger partial charge >= 0.3 is 0 Å². The van der Waals surface area contributed by atoms with Crippen molar-refractivity contribution in [3.63, 3.8) is 0 Å². The van der Waals surface area contributed by atoms with E-state index in [-0.39, 0.29) is 17.9 Å². The predicted octanol–water partition coefficient (Wildman–Crippen LogP) is 0.642. The first-order chi connectivity index (χ1) is 11.2. The van der Waals surface area contributed by atoms with E-state index < -0.39 is 0 Å². The molecule has 2 heterocycles. The molecule has 0 radical (unpaired) electrons. The van der Waals surface area contributed by atoms with Crippen LogP contribution < -0.4 is 10.1 Å². The Morgan fingerprint density at radius 2 is 1.78 bits per heavy atom. The van der Waals surface area contributed by atoms with Crippen LogP contribution >= 0.6 is 11.8 Å². The summed E-state index contributed by atoms with van der Waals surface area (Å²) >= 11 is 1.75. The number of ether oxygens (including phenoxy) is 1. The van der Waals surface area contributed by atoms with E-state index in [0.717, 1.165) is 17.4 Å². The van der Waals surface area contributed by atoms with Gasteiger partial charge in [-0.25, -0.2) is 0 Å². The van der Waals surface area contributed by atoms with Crippen LogP contribution in [0.25, 0.3) is 0 Å². The van der Waals surface area contributed by atoms with Crippen molar-refractivity contribution < 1.29 is 14.3 Å². The minimum Gasteiger partial charge on any atom is -0.497 e. The predicted molar refractivity (Wildman–Crippen MR) is 89.7 cm³/mol. The largest absolute Gasteiger partial charge is 0.497 e. The molecule has 7 heteroatoms. The Bertz CT molecular complexity index is 564. The first-order valence-electron chi connectivity index (χ1n) is 7.72. The van der Waals surface area contributed by atoms with Gasteiger partial charge in [-0.3, -0.25) is 14.9 Å². The number of nitrogens with zero attached hydrogens (tertiary/aromatic N) is 2. The molecule has 0 bridgehead atoms. The summed E-state index contributed by atoms with van der Waals surface area (Å²) in [5.41, 5.74) is 0.652. The average molecular weight is 335 g/mol. The van der Waals surface area contributed by atoms with E-state index >= 15 is 0 Å². The van der Waals surface area contributed by atoms with Gasteiger partial charge < -0.3 is 14.5 Å². The molecule has 1 aromatic rings. The molecular weight excluding hydrogens is 314 g/mol. The maximum atomic E-state index is 12.5. The van der Waals surface area contributed by atoms with Crippen molar-refractivity contribution in [1.29, 1.82) is 0 Å². The molecule has 124 valence electrons. The maximum Gasteiger partial charge on any atom is 0.253 e. The number of carbonyl (C=O) groups excluding carboxylic acids is 2. The zero-order valence-electron chi connectivity index (χ0n) is 13.2. The Labute approximate surface area is 140 Å². The molecule has 2 amide bonds. The van der Waals surface area contributed by atoms with Crippen molar-refractivity contribution in [3.8, 4) is 5.75 Å². The Kier molecular flexibility index (Phi) is 5.07. The Morgan fingerprint density at radius 3 is 2.35 bits per heavy atom. The number of hydrogen-bond acceptors (Lipinski definition) is 5. The van der Waals surface area contributed by atoms with Gasteiger partial charge in [-0.05, 0) is 24.3 Å². The summed E-state index contributed by atoms with van der Waals surface area (Å²) in [7, 11) is 1.60. The topological polar surface area (TPSA) is 61.9 Å². The van der Waals surface area contributed by atoms with Crippen LogP contribution in [-0.4, -0.2) is 72.6 Å². The molecule has 2 fully saturated rings. The second-order valence-electron chi connectivity index (χ2n) is 5.62. The smallest absolute Gasteiger partial charge is 0.253 e. The van der Waals surface area contributed by atoms with Gasteiger partial charge in [0.15, 0.2) is 0 Å². The highest BCUT2D eigenvalue weighted by Gasteiger charge is 2.30. The molecule has 0 aliphatic carbocycles. The lowest BCUT2D eigenvalue weighted by atomic mass is 10.1. The molecule has 1 aromatic carbocycles. The number of amides is 2. The fourth-order valence-corrected chi connectivity index (χ4v) is 3.75. The van der Waals surface area contributed by atoms with E-state index in [0.29, 0.717) is 31.7 Å². The van der Waals surface area contributed by atoms with Gasteiger partial charge in [0.05, 0.1) is 13.2 Å². The summed E-state index contributed by atoms with van der Waals surface area (Å²) in [5, 5.41) is 3.20. The molecular formula is C16H21N3O3S. The minimum absolute atomic E-state index is 0.00861. The van der Waals surface area contributed by atoms with E-state index in [1.807, 2.05) is 9.80 Å². The van der Waals surface area contributed by atoms with Gasteiger partial charge in [0.2, 0.25) is 5.91 Å². The lowest BCUT2D eigenvalue weighted by Crippen LogP contribution is -2.54. The molecule has 0 aromatic heterocycles. The Morgan fingerprint density at radius 1 is 1.13 bits per heavy atom. The van der Waals surface area contributed by atoms with Crippen molar-refractivity contribution in [2.24, 2.45) is 0 Å². The number of benzene rings is 1. The van der Waals surface area contributed by atoms with Crippen molar-refractivity contribution in [1.82, 2.24) is 15.1 Å². The Balaban J connectivity index is 1.55. The minimum atomic E-state index is -0.0659. The van der Waals surface area contributed by atoms with E-state index in [1.54, 1.807) is 43.1 Å². The highest BCUT2D eigenvalue weighted by molar-refractivity contribution is 7.99. The Hall–Kier alpha value is -1.73.